The average molecular weight is 925 g/mol. The summed E-state index contributed by atoms with van der Waals surface area (Å²) in [6.07, 6.45) is 76.0. The zero-order valence-electron chi connectivity index (χ0n) is 42.9. The minimum atomic E-state index is -0.844. The number of allylic oxidation sites excluding steroid dienone is 22. The van der Waals surface area contributed by atoms with Crippen molar-refractivity contribution in [3.63, 3.8) is 0 Å². The SMILES string of the molecule is CC/C=C\C/C=C\C/C=C\C/C=C\C/C=C\C/C=C\CCC(=O)O[C@H](COC(=O)CCC/C=C\C/C=C\C/C=C\C/C=C\C/C=C\CC)COC(=O)CCCCCCCCCCCCCCC. The molecule has 6 nitrogen and oxygen atoms in total. The second-order valence-electron chi connectivity index (χ2n) is 17.0. The van der Waals surface area contributed by atoms with Crippen LogP contribution in [0, 0.1) is 0 Å². The van der Waals surface area contributed by atoms with Gasteiger partial charge in [-0.2, -0.15) is 0 Å². The molecule has 0 aliphatic rings. The quantitative estimate of drug-likeness (QED) is 0.0262. The van der Waals surface area contributed by atoms with Crippen LogP contribution in [-0.4, -0.2) is 37.2 Å². The highest BCUT2D eigenvalue weighted by Gasteiger charge is 2.19. The summed E-state index contributed by atoms with van der Waals surface area (Å²) >= 11 is 0. The maximum Gasteiger partial charge on any atom is 0.306 e. The number of esters is 3. The molecule has 0 saturated heterocycles. The molecular formula is C61H96O6. The number of ether oxygens (including phenoxy) is 3. The Bertz CT molecular complexity index is 1480. The summed E-state index contributed by atoms with van der Waals surface area (Å²) in [7, 11) is 0. The van der Waals surface area contributed by atoms with Crippen LogP contribution >= 0.6 is 0 Å². The summed E-state index contributed by atoms with van der Waals surface area (Å²) in [5, 5.41) is 0. The lowest BCUT2D eigenvalue weighted by Gasteiger charge is -2.18. The van der Waals surface area contributed by atoms with Gasteiger partial charge in [0, 0.05) is 19.3 Å². The molecular weight excluding hydrogens is 829 g/mol. The zero-order valence-corrected chi connectivity index (χ0v) is 42.9. The van der Waals surface area contributed by atoms with E-state index in [-0.39, 0.29) is 38.0 Å². The summed E-state index contributed by atoms with van der Waals surface area (Å²) in [4.78, 5) is 38.0. The second-order valence-corrected chi connectivity index (χ2v) is 17.0. The Morgan fingerprint density at radius 2 is 0.612 bits per heavy atom. The monoisotopic (exact) mass is 925 g/mol. The Kier molecular flexibility index (Phi) is 50.6. The molecule has 0 radical (unpaired) electrons. The van der Waals surface area contributed by atoms with E-state index in [4.69, 9.17) is 14.2 Å². The van der Waals surface area contributed by atoms with Crippen molar-refractivity contribution in [1.82, 2.24) is 0 Å². The van der Waals surface area contributed by atoms with Crippen molar-refractivity contribution in [2.45, 2.75) is 219 Å². The molecule has 0 fully saturated rings. The number of carbonyl (C=O) groups is 3. The molecule has 0 aromatic heterocycles. The molecule has 6 heteroatoms. The summed E-state index contributed by atoms with van der Waals surface area (Å²) in [6, 6.07) is 0. The van der Waals surface area contributed by atoms with Gasteiger partial charge in [-0.1, -0.05) is 231 Å². The van der Waals surface area contributed by atoms with Gasteiger partial charge in [-0.3, -0.25) is 14.4 Å². The fourth-order valence-electron chi connectivity index (χ4n) is 6.74. The van der Waals surface area contributed by atoms with Gasteiger partial charge in [-0.25, -0.2) is 0 Å². The largest absolute Gasteiger partial charge is 0.462 e. The fraction of sp³-hybridized carbons (Fsp3) is 0.590. The third-order valence-electron chi connectivity index (χ3n) is 10.7. The third kappa shape index (κ3) is 52.4. The number of rotatable bonds is 46. The summed E-state index contributed by atoms with van der Waals surface area (Å²) in [6.45, 7) is 6.28. The number of carbonyl (C=O) groups excluding carboxylic acids is 3. The molecule has 0 saturated carbocycles. The van der Waals surface area contributed by atoms with Crippen molar-refractivity contribution in [1.29, 1.82) is 0 Å². The number of hydrogen-bond acceptors (Lipinski definition) is 6. The van der Waals surface area contributed by atoms with Crippen LogP contribution in [0.1, 0.15) is 213 Å². The highest BCUT2D eigenvalue weighted by Crippen LogP contribution is 2.14. The Balaban J connectivity index is 4.62. The molecule has 0 aliphatic heterocycles. The van der Waals surface area contributed by atoms with Crippen LogP contribution in [0.3, 0.4) is 0 Å². The highest BCUT2D eigenvalue weighted by atomic mass is 16.6. The Hall–Kier alpha value is -4.45. The molecule has 67 heavy (non-hydrogen) atoms. The van der Waals surface area contributed by atoms with Gasteiger partial charge in [0.2, 0.25) is 0 Å². The first-order valence-corrected chi connectivity index (χ1v) is 26.7. The molecule has 0 aromatic carbocycles. The van der Waals surface area contributed by atoms with Gasteiger partial charge in [0.1, 0.15) is 13.2 Å². The molecule has 376 valence electrons. The number of unbranched alkanes of at least 4 members (excludes halogenated alkanes) is 13. The smallest absolute Gasteiger partial charge is 0.306 e. The van der Waals surface area contributed by atoms with Crippen molar-refractivity contribution in [2.24, 2.45) is 0 Å². The van der Waals surface area contributed by atoms with Gasteiger partial charge in [-0.15, -0.1) is 0 Å². The normalized spacial score (nSPS) is 13.2. The molecule has 0 unspecified atom stereocenters. The van der Waals surface area contributed by atoms with E-state index in [1.807, 2.05) is 12.2 Å². The summed E-state index contributed by atoms with van der Waals surface area (Å²) < 4.78 is 16.7. The van der Waals surface area contributed by atoms with E-state index in [1.54, 1.807) is 0 Å². The van der Waals surface area contributed by atoms with Crippen molar-refractivity contribution < 1.29 is 28.6 Å². The van der Waals surface area contributed by atoms with Crippen molar-refractivity contribution in [2.75, 3.05) is 13.2 Å². The van der Waals surface area contributed by atoms with Gasteiger partial charge < -0.3 is 14.2 Å². The minimum Gasteiger partial charge on any atom is -0.462 e. The summed E-state index contributed by atoms with van der Waals surface area (Å²) in [5.74, 6) is -1.08. The molecule has 0 bridgehead atoms. The average Bonchev–Trinajstić information content (AvgIpc) is 3.33. The van der Waals surface area contributed by atoms with Crippen LogP contribution in [0.4, 0.5) is 0 Å². The van der Waals surface area contributed by atoms with Crippen molar-refractivity contribution in [3.05, 3.63) is 134 Å². The molecule has 1 atom stereocenters. The third-order valence-corrected chi connectivity index (χ3v) is 10.7. The lowest BCUT2D eigenvalue weighted by Crippen LogP contribution is -2.30. The first-order valence-electron chi connectivity index (χ1n) is 26.7. The Morgan fingerprint density at radius 1 is 0.313 bits per heavy atom. The van der Waals surface area contributed by atoms with E-state index in [9.17, 15) is 14.4 Å². The van der Waals surface area contributed by atoms with Crippen LogP contribution in [0.25, 0.3) is 0 Å². The van der Waals surface area contributed by atoms with Gasteiger partial charge in [0.25, 0.3) is 0 Å². The van der Waals surface area contributed by atoms with E-state index in [2.05, 4.69) is 142 Å². The van der Waals surface area contributed by atoms with Crippen LogP contribution in [0.15, 0.2) is 134 Å². The Labute approximate surface area is 411 Å². The molecule has 0 amide bonds. The van der Waals surface area contributed by atoms with Crippen LogP contribution in [0.2, 0.25) is 0 Å². The lowest BCUT2D eigenvalue weighted by atomic mass is 10.0. The van der Waals surface area contributed by atoms with E-state index in [1.165, 1.54) is 64.2 Å². The predicted octanol–water partition coefficient (Wildman–Crippen LogP) is 17.9. The number of hydrogen-bond donors (Lipinski definition) is 0. The van der Waals surface area contributed by atoms with Gasteiger partial charge >= 0.3 is 17.9 Å². The maximum absolute atomic E-state index is 12.8. The molecule has 0 spiro atoms. The Morgan fingerprint density at radius 3 is 0.970 bits per heavy atom. The first kappa shape index (κ1) is 62.5. The van der Waals surface area contributed by atoms with Gasteiger partial charge in [0.15, 0.2) is 6.10 Å². The minimum absolute atomic E-state index is 0.129. The standard InChI is InChI=1S/C61H96O6/c1-4-7-10-13-16-19-22-25-27-29-30-32-34-37-40-43-46-49-52-55-61(64)67-58(56-65-59(62)53-50-47-44-41-38-35-24-21-18-15-12-9-6-3)57-66-60(63)54-51-48-45-42-39-36-33-31-28-26-23-20-17-14-11-8-5-2/h7-8,10-11,16-17,19-20,25-28,30,32-33,36-37,40,42,45-46,49,58H,4-6,9,12-15,18,21-24,29,31,34-35,38-39,41,43-44,47-48,50-57H2,1-3H3/b10-7-,11-8-,19-16-,20-17-,27-25-,28-26-,32-30-,36-33-,40-37-,45-42-,49-46-/t58-/m0/s1. The van der Waals surface area contributed by atoms with Crippen molar-refractivity contribution in [3.8, 4) is 0 Å². The topological polar surface area (TPSA) is 78.9 Å². The maximum atomic E-state index is 12.8. The van der Waals surface area contributed by atoms with E-state index < -0.39 is 12.1 Å². The fourth-order valence-corrected chi connectivity index (χ4v) is 6.74. The second kappa shape index (κ2) is 54.2. The lowest BCUT2D eigenvalue weighted by molar-refractivity contribution is -0.166. The molecule has 0 aromatic rings. The molecule has 0 N–H and O–H groups in total. The molecule has 0 heterocycles. The first-order chi connectivity index (χ1) is 33.0. The van der Waals surface area contributed by atoms with E-state index in [0.717, 1.165) is 96.3 Å². The van der Waals surface area contributed by atoms with Crippen molar-refractivity contribution >= 4 is 17.9 Å². The van der Waals surface area contributed by atoms with Crippen LogP contribution in [0.5, 0.6) is 0 Å². The predicted molar refractivity (Wildman–Crippen MR) is 288 cm³/mol. The molecule has 0 rings (SSSR count). The van der Waals surface area contributed by atoms with Gasteiger partial charge in [-0.05, 0) is 96.3 Å². The summed E-state index contributed by atoms with van der Waals surface area (Å²) in [5.41, 5.74) is 0. The zero-order chi connectivity index (χ0) is 48.6. The highest BCUT2D eigenvalue weighted by molar-refractivity contribution is 5.71. The van der Waals surface area contributed by atoms with Crippen LogP contribution < -0.4 is 0 Å². The van der Waals surface area contributed by atoms with Gasteiger partial charge in [0.05, 0.1) is 0 Å². The van der Waals surface area contributed by atoms with Crippen LogP contribution in [-0.2, 0) is 28.6 Å². The van der Waals surface area contributed by atoms with E-state index >= 15 is 0 Å². The van der Waals surface area contributed by atoms with E-state index in [0.29, 0.717) is 19.3 Å². The molecule has 0 aliphatic carbocycles.